The van der Waals surface area contributed by atoms with Gasteiger partial charge < -0.3 is 13.4 Å². The zero-order valence-corrected chi connectivity index (χ0v) is 16.0. The van der Waals surface area contributed by atoms with E-state index in [1.165, 1.54) is 19.3 Å². The first-order valence-electron chi connectivity index (χ1n) is 9.36. The molecule has 0 amide bonds. The number of furan rings is 2. The first kappa shape index (κ1) is 17.3. The van der Waals surface area contributed by atoms with Gasteiger partial charge in [-0.3, -0.25) is 4.57 Å². The molecule has 8 nitrogen and oxygen atoms in total. The van der Waals surface area contributed by atoms with E-state index in [0.717, 1.165) is 29.6 Å². The zero-order chi connectivity index (χ0) is 18.8. The Morgan fingerprint density at radius 3 is 2.54 bits per heavy atom. The highest BCUT2D eigenvalue weighted by molar-refractivity contribution is 7.98. The molecule has 0 radical (unpaired) electrons. The molecule has 0 bridgehead atoms. The van der Waals surface area contributed by atoms with Crippen LogP contribution < -0.4 is 0 Å². The van der Waals surface area contributed by atoms with E-state index in [4.69, 9.17) is 13.4 Å². The normalized spacial score (nSPS) is 15.3. The van der Waals surface area contributed by atoms with E-state index >= 15 is 0 Å². The Bertz CT molecular complexity index is 1020. The highest BCUT2D eigenvalue weighted by atomic mass is 32.2. The second kappa shape index (κ2) is 7.67. The van der Waals surface area contributed by atoms with E-state index in [0.29, 0.717) is 29.3 Å². The van der Waals surface area contributed by atoms with Crippen LogP contribution in [0.25, 0.3) is 23.2 Å². The molecular formula is C19H19N5O3S. The van der Waals surface area contributed by atoms with Gasteiger partial charge >= 0.3 is 0 Å². The number of hydrogen-bond acceptors (Lipinski definition) is 8. The first-order chi connectivity index (χ1) is 13.9. The maximum atomic E-state index is 5.59. The maximum Gasteiger partial charge on any atom is 0.238 e. The van der Waals surface area contributed by atoms with Gasteiger partial charge in [0.05, 0.1) is 18.3 Å². The summed E-state index contributed by atoms with van der Waals surface area (Å²) in [5, 5.41) is 13.7. The van der Waals surface area contributed by atoms with Crippen molar-refractivity contribution < 1.29 is 13.4 Å². The van der Waals surface area contributed by atoms with Crippen molar-refractivity contribution in [2.24, 2.45) is 0 Å². The smallest absolute Gasteiger partial charge is 0.238 e. The molecule has 0 atom stereocenters. The molecule has 4 aromatic heterocycles. The zero-order valence-electron chi connectivity index (χ0n) is 15.2. The van der Waals surface area contributed by atoms with Crippen LogP contribution in [0.2, 0.25) is 0 Å². The molecule has 0 spiro atoms. The second-order valence-corrected chi connectivity index (χ2v) is 7.67. The fourth-order valence-electron chi connectivity index (χ4n) is 3.56. The van der Waals surface area contributed by atoms with Crippen LogP contribution in [-0.2, 0) is 5.75 Å². The summed E-state index contributed by atoms with van der Waals surface area (Å²) in [5.74, 6) is 3.59. The van der Waals surface area contributed by atoms with Crippen molar-refractivity contribution in [1.82, 2.24) is 24.9 Å². The average molecular weight is 397 g/mol. The third kappa shape index (κ3) is 3.37. The van der Waals surface area contributed by atoms with Crippen LogP contribution in [0, 0.1) is 0 Å². The van der Waals surface area contributed by atoms with Gasteiger partial charge in [-0.1, -0.05) is 36.2 Å². The molecule has 0 aliphatic heterocycles. The number of rotatable bonds is 6. The van der Waals surface area contributed by atoms with E-state index in [-0.39, 0.29) is 0 Å². The Kier molecular flexibility index (Phi) is 4.74. The molecule has 0 unspecified atom stereocenters. The molecule has 4 aromatic rings. The summed E-state index contributed by atoms with van der Waals surface area (Å²) >= 11 is 1.54. The quantitative estimate of drug-likeness (QED) is 0.420. The van der Waals surface area contributed by atoms with Crippen molar-refractivity contribution in [1.29, 1.82) is 0 Å². The lowest BCUT2D eigenvalue weighted by Crippen LogP contribution is -2.15. The Morgan fingerprint density at radius 2 is 1.79 bits per heavy atom. The van der Waals surface area contributed by atoms with Crippen molar-refractivity contribution in [2.75, 3.05) is 0 Å². The van der Waals surface area contributed by atoms with Gasteiger partial charge in [-0.05, 0) is 37.1 Å². The molecule has 1 aliphatic carbocycles. The molecule has 4 heterocycles. The molecule has 0 saturated heterocycles. The number of thioether (sulfide) groups is 1. The molecule has 0 aromatic carbocycles. The van der Waals surface area contributed by atoms with Crippen molar-refractivity contribution >= 4 is 11.8 Å². The van der Waals surface area contributed by atoms with E-state index in [1.807, 2.05) is 12.1 Å². The lowest BCUT2D eigenvalue weighted by atomic mass is 9.95. The molecule has 1 saturated carbocycles. The second-order valence-electron chi connectivity index (χ2n) is 6.72. The number of aromatic nitrogens is 5. The van der Waals surface area contributed by atoms with Crippen LogP contribution in [0.15, 0.2) is 55.3 Å². The van der Waals surface area contributed by atoms with Gasteiger partial charge in [0.15, 0.2) is 16.7 Å². The summed E-state index contributed by atoms with van der Waals surface area (Å²) < 4.78 is 18.5. The molecular weight excluding hydrogens is 378 g/mol. The SMILES string of the molecule is c1coc(-c2noc(CSc3nnc(-c4ccco4)n3C3CCCCC3)n2)c1. The van der Waals surface area contributed by atoms with Crippen LogP contribution in [0.1, 0.15) is 44.0 Å². The standard InChI is InChI=1S/C19H19N5O3S/c1-2-6-13(7-3-1)24-18(15-9-5-11-26-15)21-22-19(24)28-12-16-20-17(23-27-16)14-8-4-10-25-14/h4-5,8-11,13H,1-3,6-7,12H2. The minimum atomic E-state index is 0.382. The fraction of sp³-hybridized carbons (Fsp3) is 0.368. The van der Waals surface area contributed by atoms with Gasteiger partial charge in [-0.2, -0.15) is 4.98 Å². The van der Waals surface area contributed by atoms with E-state index in [9.17, 15) is 0 Å². The Balaban J connectivity index is 1.39. The van der Waals surface area contributed by atoms with E-state index in [1.54, 1.807) is 36.4 Å². The highest BCUT2D eigenvalue weighted by Gasteiger charge is 2.25. The lowest BCUT2D eigenvalue weighted by Gasteiger charge is -2.25. The minimum Gasteiger partial charge on any atom is -0.461 e. The average Bonchev–Trinajstić information content (AvgIpc) is 3.53. The highest BCUT2D eigenvalue weighted by Crippen LogP contribution is 2.36. The molecule has 0 N–H and O–H groups in total. The van der Waals surface area contributed by atoms with E-state index < -0.39 is 0 Å². The van der Waals surface area contributed by atoms with Gasteiger partial charge in [0.25, 0.3) is 0 Å². The molecule has 5 rings (SSSR count). The summed E-state index contributed by atoms with van der Waals surface area (Å²) in [7, 11) is 0. The molecule has 1 fully saturated rings. The Labute approximate surface area is 165 Å². The van der Waals surface area contributed by atoms with Crippen molar-refractivity contribution in [2.45, 2.75) is 49.1 Å². The van der Waals surface area contributed by atoms with Crippen LogP contribution in [0.5, 0.6) is 0 Å². The largest absolute Gasteiger partial charge is 0.461 e. The summed E-state index contributed by atoms with van der Waals surface area (Å²) in [6.45, 7) is 0. The van der Waals surface area contributed by atoms with Crippen molar-refractivity contribution in [3.63, 3.8) is 0 Å². The predicted molar refractivity (Wildman–Crippen MR) is 101 cm³/mol. The van der Waals surface area contributed by atoms with Crippen LogP contribution in [0.3, 0.4) is 0 Å². The maximum absolute atomic E-state index is 5.59. The molecule has 28 heavy (non-hydrogen) atoms. The summed E-state index contributed by atoms with van der Waals surface area (Å²) in [6, 6.07) is 7.77. The van der Waals surface area contributed by atoms with Gasteiger partial charge in [0.2, 0.25) is 17.5 Å². The third-order valence-electron chi connectivity index (χ3n) is 4.88. The van der Waals surface area contributed by atoms with Gasteiger partial charge in [0, 0.05) is 6.04 Å². The molecule has 1 aliphatic rings. The Morgan fingerprint density at radius 1 is 1.00 bits per heavy atom. The summed E-state index contributed by atoms with van der Waals surface area (Å²) in [4.78, 5) is 4.40. The van der Waals surface area contributed by atoms with Crippen molar-refractivity contribution in [3.05, 3.63) is 42.7 Å². The molecule has 9 heteroatoms. The van der Waals surface area contributed by atoms with Crippen molar-refractivity contribution in [3.8, 4) is 23.2 Å². The first-order valence-corrected chi connectivity index (χ1v) is 10.3. The topological polar surface area (TPSA) is 95.9 Å². The van der Waals surface area contributed by atoms with Crippen LogP contribution in [0.4, 0.5) is 0 Å². The van der Waals surface area contributed by atoms with E-state index in [2.05, 4.69) is 24.9 Å². The predicted octanol–water partition coefficient (Wildman–Crippen LogP) is 4.98. The Hall–Kier alpha value is -2.81. The molecule has 144 valence electrons. The fourth-order valence-corrected chi connectivity index (χ4v) is 4.41. The summed E-state index contributed by atoms with van der Waals surface area (Å²) in [6.07, 6.45) is 9.24. The summed E-state index contributed by atoms with van der Waals surface area (Å²) in [5.41, 5.74) is 0. The number of hydrogen-bond donors (Lipinski definition) is 0. The number of nitrogens with zero attached hydrogens (tertiary/aromatic N) is 5. The minimum absolute atomic E-state index is 0.382. The monoisotopic (exact) mass is 397 g/mol. The lowest BCUT2D eigenvalue weighted by molar-refractivity contribution is 0.337. The van der Waals surface area contributed by atoms with Gasteiger partial charge in [-0.25, -0.2) is 0 Å². The van der Waals surface area contributed by atoms with Gasteiger partial charge in [0.1, 0.15) is 0 Å². The van der Waals surface area contributed by atoms with Crippen LogP contribution >= 0.6 is 11.8 Å². The van der Waals surface area contributed by atoms with Crippen LogP contribution in [-0.4, -0.2) is 24.9 Å². The third-order valence-corrected chi connectivity index (χ3v) is 5.81. The van der Waals surface area contributed by atoms with Gasteiger partial charge in [-0.15, -0.1) is 10.2 Å².